The van der Waals surface area contributed by atoms with Crippen molar-refractivity contribution in [1.82, 2.24) is 25.3 Å². The Morgan fingerprint density at radius 1 is 1.02 bits per heavy atom. The Balaban J connectivity index is 1.31. The number of carbonyl (C=O) groups is 3. The molecule has 0 aliphatic rings. The number of nitrogen functional groups attached to an aromatic ring is 2. The maximum atomic E-state index is 12.8. The van der Waals surface area contributed by atoms with E-state index in [1.165, 1.54) is 0 Å². The Labute approximate surface area is 240 Å². The predicted molar refractivity (Wildman–Crippen MR) is 155 cm³/mol. The highest BCUT2D eigenvalue weighted by Crippen LogP contribution is 2.19. The number of rotatable bonds is 12. The van der Waals surface area contributed by atoms with Crippen LogP contribution in [0.3, 0.4) is 0 Å². The second kappa shape index (κ2) is 13.3. The Morgan fingerprint density at radius 2 is 1.74 bits per heavy atom. The van der Waals surface area contributed by atoms with Crippen LogP contribution in [-0.2, 0) is 22.6 Å². The molecule has 1 atom stereocenters. The quantitative estimate of drug-likeness (QED) is 0.119. The van der Waals surface area contributed by atoms with E-state index < -0.39 is 23.9 Å². The molecule has 0 fully saturated rings. The van der Waals surface area contributed by atoms with Gasteiger partial charge in [-0.1, -0.05) is 12.1 Å². The molecule has 0 spiro atoms. The van der Waals surface area contributed by atoms with E-state index >= 15 is 0 Å². The summed E-state index contributed by atoms with van der Waals surface area (Å²) in [6.45, 7) is 0.876. The first-order chi connectivity index (χ1) is 20.1. The van der Waals surface area contributed by atoms with Crippen LogP contribution in [0, 0.1) is 0 Å². The molecule has 42 heavy (non-hydrogen) atoms. The molecule has 4 rings (SSSR count). The third-order valence-corrected chi connectivity index (χ3v) is 6.30. The van der Waals surface area contributed by atoms with Crippen molar-refractivity contribution >= 4 is 46.5 Å². The van der Waals surface area contributed by atoms with Gasteiger partial charge >= 0.3 is 11.9 Å². The summed E-state index contributed by atoms with van der Waals surface area (Å²) in [5.41, 5.74) is 20.3. The van der Waals surface area contributed by atoms with Crippen molar-refractivity contribution in [3.63, 3.8) is 0 Å². The Hall–Kier alpha value is -5.37. The van der Waals surface area contributed by atoms with Gasteiger partial charge in [-0.15, -0.1) is 0 Å². The van der Waals surface area contributed by atoms with E-state index in [4.69, 9.17) is 21.9 Å². The van der Waals surface area contributed by atoms with E-state index in [-0.39, 0.29) is 30.2 Å². The summed E-state index contributed by atoms with van der Waals surface area (Å²) >= 11 is 0. The highest BCUT2D eigenvalue weighted by molar-refractivity contribution is 5.97. The minimum Gasteiger partial charge on any atom is -0.480 e. The van der Waals surface area contributed by atoms with Crippen molar-refractivity contribution in [3.05, 3.63) is 71.5 Å². The average molecular weight is 574 g/mol. The number of ether oxygens (including phenoxy) is 1. The molecule has 2 aromatic heterocycles. The highest BCUT2D eigenvalue weighted by atomic mass is 16.5. The second-order valence-electron chi connectivity index (χ2n) is 9.46. The topological polar surface area (TPSA) is 226 Å². The number of aliphatic carboxylic acids is 1. The Morgan fingerprint density at radius 3 is 2.40 bits per heavy atom. The van der Waals surface area contributed by atoms with Crippen LogP contribution in [0.1, 0.15) is 34.5 Å². The van der Waals surface area contributed by atoms with Crippen LogP contribution < -0.4 is 32.2 Å². The van der Waals surface area contributed by atoms with Gasteiger partial charge in [0.05, 0.1) is 18.4 Å². The number of fused-ring (bicyclic) bond motifs is 1. The zero-order valence-corrected chi connectivity index (χ0v) is 22.9. The standard InChI is InChI=1S/C28H31N9O5/c1-37(15-18-14-32-25-23(33-18)24(30)35-28(31)36-25)19-6-4-17(5-7-19)26(39)34-21(27(40)41)10-11-22(38)42-20-8-2-16(3-9-20)12-13-29/h2-9,14,21H,10-13,15,29H2,1H3,(H,34,39)(H,40,41)(H4,30,31,32,35,36). The van der Waals surface area contributed by atoms with Crippen LogP contribution in [0.25, 0.3) is 11.2 Å². The number of nitrogens with one attached hydrogen (secondary N) is 1. The van der Waals surface area contributed by atoms with E-state index in [0.717, 1.165) is 11.3 Å². The molecule has 0 bridgehead atoms. The summed E-state index contributed by atoms with van der Waals surface area (Å²) in [4.78, 5) is 55.3. The molecule has 14 heteroatoms. The minimum atomic E-state index is -1.28. The van der Waals surface area contributed by atoms with Gasteiger partial charge in [0, 0.05) is 24.7 Å². The number of carbonyl (C=O) groups excluding carboxylic acids is 2. The third-order valence-electron chi connectivity index (χ3n) is 6.30. The smallest absolute Gasteiger partial charge is 0.326 e. The fraction of sp³-hybridized carbons (Fsp3) is 0.250. The third kappa shape index (κ3) is 7.63. The van der Waals surface area contributed by atoms with Crippen LogP contribution >= 0.6 is 0 Å². The van der Waals surface area contributed by atoms with Gasteiger partial charge in [-0.2, -0.15) is 9.97 Å². The molecule has 0 radical (unpaired) electrons. The molecule has 2 aromatic carbocycles. The first-order valence-corrected chi connectivity index (χ1v) is 13.0. The molecule has 4 aromatic rings. The second-order valence-corrected chi connectivity index (χ2v) is 9.46. The average Bonchev–Trinajstić information content (AvgIpc) is 2.96. The molecule has 218 valence electrons. The largest absolute Gasteiger partial charge is 0.480 e. The zero-order chi connectivity index (χ0) is 30.2. The van der Waals surface area contributed by atoms with Crippen LogP contribution in [0.4, 0.5) is 17.5 Å². The highest BCUT2D eigenvalue weighted by Gasteiger charge is 2.22. The lowest BCUT2D eigenvalue weighted by atomic mass is 10.1. The van der Waals surface area contributed by atoms with Gasteiger partial charge in [0.2, 0.25) is 5.95 Å². The Bertz CT molecular complexity index is 1580. The summed E-state index contributed by atoms with van der Waals surface area (Å²) < 4.78 is 5.27. The molecule has 8 N–H and O–H groups in total. The lowest BCUT2D eigenvalue weighted by Gasteiger charge is -2.19. The number of hydrogen-bond donors (Lipinski definition) is 5. The van der Waals surface area contributed by atoms with Gasteiger partial charge in [-0.3, -0.25) is 9.59 Å². The number of hydrogen-bond acceptors (Lipinski definition) is 12. The van der Waals surface area contributed by atoms with Crippen LogP contribution in [-0.4, -0.2) is 62.5 Å². The molecule has 0 aliphatic heterocycles. The van der Waals surface area contributed by atoms with Gasteiger partial charge in [0.1, 0.15) is 11.8 Å². The first kappa shape index (κ1) is 29.6. The van der Waals surface area contributed by atoms with Crippen molar-refractivity contribution in [2.24, 2.45) is 5.73 Å². The first-order valence-electron chi connectivity index (χ1n) is 13.0. The van der Waals surface area contributed by atoms with Gasteiger partial charge in [-0.05, 0) is 61.3 Å². The van der Waals surface area contributed by atoms with Gasteiger partial charge in [-0.25, -0.2) is 14.8 Å². The van der Waals surface area contributed by atoms with E-state index in [0.29, 0.717) is 42.1 Å². The molecule has 0 saturated carbocycles. The van der Waals surface area contributed by atoms with Gasteiger partial charge < -0.3 is 37.3 Å². The van der Waals surface area contributed by atoms with Crippen molar-refractivity contribution in [1.29, 1.82) is 0 Å². The number of anilines is 3. The fourth-order valence-electron chi connectivity index (χ4n) is 4.09. The van der Waals surface area contributed by atoms with E-state index in [1.54, 1.807) is 54.7 Å². The Kier molecular flexibility index (Phi) is 9.39. The predicted octanol–water partition coefficient (Wildman–Crippen LogP) is 1.29. The minimum absolute atomic E-state index is 0.0149. The van der Waals surface area contributed by atoms with E-state index in [9.17, 15) is 19.5 Å². The van der Waals surface area contributed by atoms with Gasteiger partial charge in [0.25, 0.3) is 5.91 Å². The zero-order valence-electron chi connectivity index (χ0n) is 22.9. The molecule has 1 amide bonds. The summed E-state index contributed by atoms with van der Waals surface area (Å²) in [6.07, 6.45) is 1.93. The van der Waals surface area contributed by atoms with Crippen molar-refractivity contribution in [2.75, 3.05) is 30.0 Å². The van der Waals surface area contributed by atoms with Crippen molar-refractivity contribution in [2.45, 2.75) is 31.8 Å². The number of nitrogens with two attached hydrogens (primary N) is 3. The van der Waals surface area contributed by atoms with E-state index in [1.807, 2.05) is 11.9 Å². The molecule has 14 nitrogen and oxygen atoms in total. The summed E-state index contributed by atoms with van der Waals surface area (Å²) in [6, 6.07) is 12.2. The molecule has 2 heterocycles. The monoisotopic (exact) mass is 573 g/mol. The fourth-order valence-corrected chi connectivity index (χ4v) is 4.09. The molecular weight excluding hydrogens is 542 g/mol. The molecule has 0 saturated heterocycles. The van der Waals surface area contributed by atoms with E-state index in [2.05, 4.69) is 25.3 Å². The normalized spacial score (nSPS) is 11.6. The number of carboxylic acid groups (broad SMARTS) is 1. The van der Waals surface area contributed by atoms with Gasteiger partial charge in [0.15, 0.2) is 17.0 Å². The lowest BCUT2D eigenvalue weighted by Crippen LogP contribution is -2.41. The number of amides is 1. The number of esters is 1. The summed E-state index contributed by atoms with van der Waals surface area (Å²) in [5.74, 6) is -1.96. The van der Waals surface area contributed by atoms with Crippen LogP contribution in [0.15, 0.2) is 54.7 Å². The summed E-state index contributed by atoms with van der Waals surface area (Å²) in [7, 11) is 1.83. The SMILES string of the molecule is CN(Cc1cnc2nc(N)nc(N)c2n1)c1ccc(C(=O)NC(CCC(=O)Oc2ccc(CCN)cc2)C(=O)O)cc1. The lowest BCUT2D eigenvalue weighted by molar-refractivity contribution is -0.140. The molecular formula is C28H31N9O5. The number of benzene rings is 2. The number of aromatic nitrogens is 4. The van der Waals surface area contributed by atoms with Crippen LogP contribution in [0.2, 0.25) is 0 Å². The molecule has 1 unspecified atom stereocenters. The summed E-state index contributed by atoms with van der Waals surface area (Å²) in [5, 5.41) is 12.1. The maximum Gasteiger partial charge on any atom is 0.326 e. The molecule has 0 aliphatic carbocycles. The van der Waals surface area contributed by atoms with Crippen molar-refractivity contribution < 1.29 is 24.2 Å². The maximum absolute atomic E-state index is 12.8. The van der Waals surface area contributed by atoms with Crippen LogP contribution in [0.5, 0.6) is 5.75 Å². The number of carboxylic acids is 1. The number of nitrogens with zero attached hydrogens (tertiary/aromatic N) is 5. The van der Waals surface area contributed by atoms with Crippen molar-refractivity contribution in [3.8, 4) is 5.75 Å².